The largest absolute Gasteiger partial charge is 0.378 e. The zero-order valence-electron chi connectivity index (χ0n) is 9.63. The standard InChI is InChI=1S/C13H16F2N2/c14-10-2-1-3-11(13(10)15)16-12-8-17-6-4-9(12)5-7-17/h1-3,9,12,16H,4-8H2. The summed E-state index contributed by atoms with van der Waals surface area (Å²) in [5.41, 5.74) is 0.295. The molecule has 17 heavy (non-hydrogen) atoms. The van der Waals surface area contributed by atoms with E-state index in [4.69, 9.17) is 0 Å². The molecule has 3 saturated heterocycles. The van der Waals surface area contributed by atoms with Crippen LogP contribution in [0.1, 0.15) is 12.8 Å². The van der Waals surface area contributed by atoms with Crippen molar-refractivity contribution < 1.29 is 8.78 Å². The maximum atomic E-state index is 13.5. The molecule has 1 N–H and O–H groups in total. The molecule has 3 heterocycles. The first-order valence-corrected chi connectivity index (χ1v) is 6.17. The van der Waals surface area contributed by atoms with Gasteiger partial charge in [-0.05, 0) is 44.0 Å². The summed E-state index contributed by atoms with van der Waals surface area (Å²) in [7, 11) is 0. The molecule has 0 radical (unpaired) electrons. The Morgan fingerprint density at radius 1 is 1.18 bits per heavy atom. The van der Waals surface area contributed by atoms with Gasteiger partial charge in [0, 0.05) is 12.6 Å². The molecule has 4 rings (SSSR count). The summed E-state index contributed by atoms with van der Waals surface area (Å²) in [6.45, 7) is 3.24. The number of nitrogens with zero attached hydrogens (tertiary/aromatic N) is 1. The molecule has 1 aromatic carbocycles. The molecular formula is C13H16F2N2. The Kier molecular flexibility index (Phi) is 2.74. The van der Waals surface area contributed by atoms with Gasteiger partial charge in [-0.25, -0.2) is 8.78 Å². The highest BCUT2D eigenvalue weighted by Crippen LogP contribution is 2.30. The fourth-order valence-corrected chi connectivity index (χ4v) is 2.94. The lowest BCUT2D eigenvalue weighted by Gasteiger charge is -2.45. The molecule has 2 nitrogen and oxygen atoms in total. The van der Waals surface area contributed by atoms with Gasteiger partial charge in [0.2, 0.25) is 0 Å². The van der Waals surface area contributed by atoms with Crippen molar-refractivity contribution in [1.29, 1.82) is 0 Å². The van der Waals surface area contributed by atoms with Crippen molar-refractivity contribution in [3.63, 3.8) is 0 Å². The second-order valence-corrected chi connectivity index (χ2v) is 4.99. The van der Waals surface area contributed by atoms with E-state index >= 15 is 0 Å². The number of rotatable bonds is 2. The maximum absolute atomic E-state index is 13.5. The molecular weight excluding hydrogens is 222 g/mol. The van der Waals surface area contributed by atoms with Crippen LogP contribution in [0.4, 0.5) is 14.5 Å². The number of nitrogens with one attached hydrogen (secondary N) is 1. The van der Waals surface area contributed by atoms with Gasteiger partial charge in [-0.15, -0.1) is 0 Å². The van der Waals surface area contributed by atoms with Gasteiger partial charge in [-0.1, -0.05) is 6.07 Å². The molecule has 4 heteroatoms. The van der Waals surface area contributed by atoms with Gasteiger partial charge in [-0.2, -0.15) is 0 Å². The lowest BCUT2D eigenvalue weighted by Crippen LogP contribution is -2.53. The third-order valence-corrected chi connectivity index (χ3v) is 3.95. The Labute approximate surface area is 99.6 Å². The molecule has 0 aromatic heterocycles. The van der Waals surface area contributed by atoms with Crippen LogP contribution < -0.4 is 5.32 Å². The predicted octanol–water partition coefficient (Wildman–Crippen LogP) is 2.47. The lowest BCUT2D eigenvalue weighted by atomic mass is 9.84. The van der Waals surface area contributed by atoms with E-state index < -0.39 is 11.6 Å². The molecule has 1 atom stereocenters. The van der Waals surface area contributed by atoms with Crippen molar-refractivity contribution in [2.75, 3.05) is 25.0 Å². The summed E-state index contributed by atoms with van der Waals surface area (Å²) in [5, 5.41) is 3.16. The van der Waals surface area contributed by atoms with Crippen molar-refractivity contribution in [3.05, 3.63) is 29.8 Å². The van der Waals surface area contributed by atoms with E-state index in [0.717, 1.165) is 38.5 Å². The number of piperidine rings is 3. The first-order valence-electron chi connectivity index (χ1n) is 6.17. The van der Waals surface area contributed by atoms with Gasteiger partial charge in [0.15, 0.2) is 11.6 Å². The van der Waals surface area contributed by atoms with E-state index in [2.05, 4.69) is 10.2 Å². The zero-order valence-corrected chi connectivity index (χ0v) is 9.63. The molecule has 3 aliphatic rings. The quantitative estimate of drug-likeness (QED) is 0.851. The second kappa shape index (κ2) is 4.26. The van der Waals surface area contributed by atoms with Crippen molar-refractivity contribution in [2.45, 2.75) is 18.9 Å². The molecule has 0 amide bonds. The topological polar surface area (TPSA) is 15.3 Å². The van der Waals surface area contributed by atoms with Crippen LogP contribution in [0.2, 0.25) is 0 Å². The number of hydrogen-bond donors (Lipinski definition) is 1. The van der Waals surface area contributed by atoms with Crippen molar-refractivity contribution in [2.24, 2.45) is 5.92 Å². The maximum Gasteiger partial charge on any atom is 0.181 e. The molecule has 92 valence electrons. The van der Waals surface area contributed by atoms with Crippen molar-refractivity contribution in [1.82, 2.24) is 4.90 Å². The Morgan fingerprint density at radius 3 is 2.59 bits per heavy atom. The molecule has 3 fully saturated rings. The summed E-state index contributed by atoms with van der Waals surface area (Å²) < 4.78 is 26.6. The number of halogens is 2. The van der Waals surface area contributed by atoms with E-state index in [1.165, 1.54) is 0 Å². The molecule has 0 saturated carbocycles. The SMILES string of the molecule is Fc1cccc(NC2CN3CCC2CC3)c1F. The van der Waals surface area contributed by atoms with E-state index in [1.807, 2.05) is 0 Å². The van der Waals surface area contributed by atoms with Crippen LogP contribution in [0, 0.1) is 17.6 Å². The van der Waals surface area contributed by atoms with E-state index in [9.17, 15) is 8.78 Å². The van der Waals surface area contributed by atoms with Gasteiger partial charge in [0.05, 0.1) is 5.69 Å². The van der Waals surface area contributed by atoms with Crippen LogP contribution in [-0.2, 0) is 0 Å². The van der Waals surface area contributed by atoms with Gasteiger partial charge in [-0.3, -0.25) is 0 Å². The predicted molar refractivity (Wildman–Crippen MR) is 62.9 cm³/mol. The highest BCUT2D eigenvalue weighted by Gasteiger charge is 2.34. The average molecular weight is 238 g/mol. The minimum atomic E-state index is -0.781. The van der Waals surface area contributed by atoms with Crippen molar-refractivity contribution >= 4 is 5.69 Å². The summed E-state index contributed by atoms with van der Waals surface area (Å²) in [4.78, 5) is 2.38. The van der Waals surface area contributed by atoms with Crippen LogP contribution in [-0.4, -0.2) is 30.6 Å². The molecule has 3 aliphatic heterocycles. The number of fused-ring (bicyclic) bond motifs is 3. The highest BCUT2D eigenvalue weighted by atomic mass is 19.2. The van der Waals surface area contributed by atoms with Gasteiger partial charge >= 0.3 is 0 Å². The number of hydrogen-bond acceptors (Lipinski definition) is 2. The minimum Gasteiger partial charge on any atom is -0.378 e. The Morgan fingerprint density at radius 2 is 1.94 bits per heavy atom. The van der Waals surface area contributed by atoms with E-state index in [1.54, 1.807) is 12.1 Å². The summed E-state index contributed by atoms with van der Waals surface area (Å²) in [6, 6.07) is 4.56. The smallest absolute Gasteiger partial charge is 0.181 e. The fraction of sp³-hybridized carbons (Fsp3) is 0.538. The van der Waals surface area contributed by atoms with Gasteiger partial charge in [0.25, 0.3) is 0 Å². The molecule has 1 unspecified atom stereocenters. The van der Waals surface area contributed by atoms with Crippen LogP contribution >= 0.6 is 0 Å². The minimum absolute atomic E-state index is 0.258. The molecule has 0 spiro atoms. The Balaban J connectivity index is 1.76. The molecule has 0 aliphatic carbocycles. The zero-order chi connectivity index (χ0) is 11.8. The third-order valence-electron chi connectivity index (χ3n) is 3.95. The van der Waals surface area contributed by atoms with Crippen LogP contribution in [0.15, 0.2) is 18.2 Å². The van der Waals surface area contributed by atoms with Crippen LogP contribution in [0.5, 0.6) is 0 Å². The highest BCUT2D eigenvalue weighted by molar-refractivity contribution is 5.46. The number of benzene rings is 1. The third kappa shape index (κ3) is 2.02. The van der Waals surface area contributed by atoms with E-state index in [0.29, 0.717) is 11.6 Å². The second-order valence-electron chi connectivity index (χ2n) is 4.99. The lowest BCUT2D eigenvalue weighted by molar-refractivity contribution is 0.0973. The summed E-state index contributed by atoms with van der Waals surface area (Å²) in [5.74, 6) is -0.942. The average Bonchev–Trinajstić information content (AvgIpc) is 2.36. The normalized spacial score (nSPS) is 31.5. The van der Waals surface area contributed by atoms with Crippen molar-refractivity contribution in [3.8, 4) is 0 Å². The summed E-state index contributed by atoms with van der Waals surface area (Å²) in [6.07, 6.45) is 2.32. The molecule has 2 bridgehead atoms. The van der Waals surface area contributed by atoms with Gasteiger partial charge < -0.3 is 10.2 Å². The molecule has 1 aromatic rings. The Bertz CT molecular complexity index is 414. The van der Waals surface area contributed by atoms with E-state index in [-0.39, 0.29) is 6.04 Å². The Hall–Kier alpha value is -1.16. The fourth-order valence-electron chi connectivity index (χ4n) is 2.94. The van der Waals surface area contributed by atoms with Crippen LogP contribution in [0.25, 0.3) is 0 Å². The monoisotopic (exact) mass is 238 g/mol. The number of anilines is 1. The van der Waals surface area contributed by atoms with Crippen LogP contribution in [0.3, 0.4) is 0 Å². The first kappa shape index (κ1) is 11.0. The summed E-state index contributed by atoms with van der Waals surface area (Å²) >= 11 is 0. The first-order chi connectivity index (χ1) is 8.24. The van der Waals surface area contributed by atoms with Gasteiger partial charge in [0.1, 0.15) is 0 Å².